The van der Waals surface area contributed by atoms with E-state index >= 15 is 0 Å². The van der Waals surface area contributed by atoms with Crippen molar-refractivity contribution in [3.8, 4) is 11.5 Å². The van der Waals surface area contributed by atoms with Gasteiger partial charge in [-0.2, -0.15) is 0 Å². The third-order valence-electron chi connectivity index (χ3n) is 5.78. The smallest absolute Gasteiger partial charge is 0.244 e. The van der Waals surface area contributed by atoms with Gasteiger partial charge in [-0.3, -0.25) is 9.69 Å². The number of morpholine rings is 1. The molecule has 2 saturated heterocycles. The van der Waals surface area contributed by atoms with E-state index in [4.69, 9.17) is 14.2 Å². The predicted octanol–water partition coefficient (Wildman–Crippen LogP) is 0.539. The van der Waals surface area contributed by atoms with Gasteiger partial charge in [-0.15, -0.1) is 5.10 Å². The summed E-state index contributed by atoms with van der Waals surface area (Å²) < 4.78 is 17.9. The normalized spacial score (nSPS) is 19.8. The van der Waals surface area contributed by atoms with Crippen LogP contribution in [-0.2, 0) is 22.6 Å². The van der Waals surface area contributed by atoms with Crippen LogP contribution >= 0.6 is 0 Å². The zero-order valence-electron chi connectivity index (χ0n) is 17.5. The van der Waals surface area contributed by atoms with Crippen molar-refractivity contribution in [2.75, 3.05) is 53.6 Å². The molecule has 2 fully saturated rings. The van der Waals surface area contributed by atoms with Crippen LogP contribution in [0.15, 0.2) is 18.2 Å². The molecule has 3 heterocycles. The Balaban J connectivity index is 1.39. The number of benzene rings is 1. The Hall–Kier alpha value is -2.72. The molecular formula is C20H28N6O4. The minimum atomic E-state index is 0.0230. The van der Waals surface area contributed by atoms with Gasteiger partial charge in [0.05, 0.1) is 34.0 Å². The lowest BCUT2D eigenvalue weighted by Gasteiger charge is -2.25. The average Bonchev–Trinajstić information content (AvgIpc) is 3.44. The van der Waals surface area contributed by atoms with Crippen LogP contribution in [0.3, 0.4) is 0 Å². The Labute approximate surface area is 175 Å². The summed E-state index contributed by atoms with van der Waals surface area (Å²) in [5.41, 5.74) is 1.07. The molecule has 4 rings (SSSR count). The second kappa shape index (κ2) is 9.40. The molecule has 1 amide bonds. The molecule has 0 N–H and O–H groups in total. The summed E-state index contributed by atoms with van der Waals surface area (Å²) >= 11 is 0. The standard InChI is InChI=1S/C20H28N6O4/c1-28-16-3-4-18(29-2)17(11-16)15-5-6-25(12-15)20(27)14-26-19(21-22-23-26)13-24-7-9-30-10-8-24/h3-4,11,15H,5-10,12-14H2,1-2H3. The SMILES string of the molecule is COc1ccc(OC)c(C2CCN(C(=O)Cn3nnnc3CN3CCOCC3)C2)c1. The zero-order chi connectivity index (χ0) is 20.9. The number of aromatic nitrogens is 4. The van der Waals surface area contributed by atoms with Gasteiger partial charge in [-0.1, -0.05) is 0 Å². The van der Waals surface area contributed by atoms with Crippen molar-refractivity contribution in [3.05, 3.63) is 29.6 Å². The maximum atomic E-state index is 12.9. The zero-order valence-corrected chi connectivity index (χ0v) is 17.5. The van der Waals surface area contributed by atoms with E-state index in [9.17, 15) is 4.79 Å². The number of hydrogen-bond donors (Lipinski definition) is 0. The number of carbonyl (C=O) groups excluding carboxylic acids is 1. The number of amides is 1. The molecule has 0 radical (unpaired) electrons. The van der Waals surface area contributed by atoms with Gasteiger partial charge in [0.1, 0.15) is 18.0 Å². The van der Waals surface area contributed by atoms with Crippen LogP contribution in [0.25, 0.3) is 0 Å². The lowest BCUT2D eigenvalue weighted by atomic mass is 9.97. The van der Waals surface area contributed by atoms with Gasteiger partial charge in [-0.25, -0.2) is 4.68 Å². The first-order valence-electron chi connectivity index (χ1n) is 10.2. The first-order valence-corrected chi connectivity index (χ1v) is 10.2. The Morgan fingerprint density at radius 1 is 1.20 bits per heavy atom. The van der Waals surface area contributed by atoms with E-state index in [2.05, 4.69) is 20.4 Å². The highest BCUT2D eigenvalue weighted by atomic mass is 16.5. The molecule has 10 heteroatoms. The largest absolute Gasteiger partial charge is 0.497 e. The monoisotopic (exact) mass is 416 g/mol. The van der Waals surface area contributed by atoms with Crippen molar-refractivity contribution in [2.24, 2.45) is 0 Å². The van der Waals surface area contributed by atoms with Crippen LogP contribution in [0.2, 0.25) is 0 Å². The minimum absolute atomic E-state index is 0.0230. The van der Waals surface area contributed by atoms with Gasteiger partial charge in [0.2, 0.25) is 5.91 Å². The third kappa shape index (κ3) is 4.54. The quantitative estimate of drug-likeness (QED) is 0.646. The van der Waals surface area contributed by atoms with Crippen molar-refractivity contribution in [1.82, 2.24) is 30.0 Å². The molecule has 0 saturated carbocycles. The van der Waals surface area contributed by atoms with Crippen LogP contribution in [0.1, 0.15) is 23.7 Å². The summed E-state index contributed by atoms with van der Waals surface area (Å²) in [5, 5.41) is 11.9. The molecule has 1 aromatic heterocycles. The molecule has 2 aliphatic rings. The first-order chi connectivity index (χ1) is 14.7. The van der Waals surface area contributed by atoms with E-state index in [0.717, 1.165) is 36.6 Å². The van der Waals surface area contributed by atoms with Gasteiger partial charge in [0.25, 0.3) is 0 Å². The fourth-order valence-electron chi connectivity index (χ4n) is 4.05. The fourth-order valence-corrected chi connectivity index (χ4v) is 4.05. The van der Waals surface area contributed by atoms with E-state index in [1.807, 2.05) is 23.1 Å². The fraction of sp³-hybridized carbons (Fsp3) is 0.600. The van der Waals surface area contributed by atoms with Crippen molar-refractivity contribution >= 4 is 5.91 Å². The number of methoxy groups -OCH3 is 2. The van der Waals surface area contributed by atoms with E-state index in [1.54, 1.807) is 18.9 Å². The van der Waals surface area contributed by atoms with Crippen LogP contribution < -0.4 is 9.47 Å². The Kier molecular flexibility index (Phi) is 6.44. The molecular weight excluding hydrogens is 388 g/mol. The number of tetrazole rings is 1. The second-order valence-electron chi connectivity index (χ2n) is 7.57. The Morgan fingerprint density at radius 3 is 2.80 bits per heavy atom. The molecule has 30 heavy (non-hydrogen) atoms. The van der Waals surface area contributed by atoms with Gasteiger partial charge < -0.3 is 19.1 Å². The van der Waals surface area contributed by atoms with Crippen molar-refractivity contribution in [1.29, 1.82) is 0 Å². The first kappa shape index (κ1) is 20.5. The number of hydrogen-bond acceptors (Lipinski definition) is 8. The highest BCUT2D eigenvalue weighted by Gasteiger charge is 2.30. The number of likely N-dealkylation sites (tertiary alicyclic amines) is 1. The second-order valence-corrected chi connectivity index (χ2v) is 7.57. The summed E-state index contributed by atoms with van der Waals surface area (Å²) in [6.45, 7) is 5.22. The summed E-state index contributed by atoms with van der Waals surface area (Å²) in [5.74, 6) is 2.55. The maximum absolute atomic E-state index is 12.9. The molecule has 10 nitrogen and oxygen atoms in total. The van der Waals surface area contributed by atoms with Crippen molar-refractivity contribution in [3.63, 3.8) is 0 Å². The highest BCUT2D eigenvalue weighted by Crippen LogP contribution is 2.36. The van der Waals surface area contributed by atoms with Crippen LogP contribution in [0, 0.1) is 0 Å². The number of nitrogens with zero attached hydrogens (tertiary/aromatic N) is 6. The number of carbonyl (C=O) groups is 1. The van der Waals surface area contributed by atoms with E-state index in [1.165, 1.54) is 0 Å². The summed E-state index contributed by atoms with van der Waals surface area (Å²) in [6.07, 6.45) is 0.880. The van der Waals surface area contributed by atoms with Crippen molar-refractivity contribution in [2.45, 2.75) is 25.4 Å². The van der Waals surface area contributed by atoms with Crippen molar-refractivity contribution < 1.29 is 19.0 Å². The summed E-state index contributed by atoms with van der Waals surface area (Å²) in [4.78, 5) is 17.0. The molecule has 1 atom stereocenters. The summed E-state index contributed by atoms with van der Waals surface area (Å²) in [7, 11) is 3.31. The summed E-state index contributed by atoms with van der Waals surface area (Å²) in [6, 6.07) is 5.80. The minimum Gasteiger partial charge on any atom is -0.497 e. The molecule has 2 aromatic rings. The maximum Gasteiger partial charge on any atom is 0.244 e. The van der Waals surface area contributed by atoms with Gasteiger partial charge >= 0.3 is 0 Å². The topological polar surface area (TPSA) is 94.8 Å². The van der Waals surface area contributed by atoms with Gasteiger partial charge in [0.15, 0.2) is 5.82 Å². The molecule has 2 aliphatic heterocycles. The number of ether oxygens (including phenoxy) is 3. The van der Waals surface area contributed by atoms with Crippen LogP contribution in [-0.4, -0.2) is 89.5 Å². The van der Waals surface area contributed by atoms with Crippen LogP contribution in [0.4, 0.5) is 0 Å². The molecule has 0 aliphatic carbocycles. The van der Waals surface area contributed by atoms with Gasteiger partial charge in [0, 0.05) is 37.7 Å². The van der Waals surface area contributed by atoms with E-state index < -0.39 is 0 Å². The van der Waals surface area contributed by atoms with Crippen LogP contribution in [0.5, 0.6) is 11.5 Å². The number of rotatable bonds is 7. The van der Waals surface area contributed by atoms with E-state index in [-0.39, 0.29) is 18.4 Å². The Morgan fingerprint density at radius 2 is 2.03 bits per heavy atom. The highest BCUT2D eigenvalue weighted by molar-refractivity contribution is 5.76. The third-order valence-corrected chi connectivity index (χ3v) is 5.78. The molecule has 0 spiro atoms. The molecule has 1 unspecified atom stereocenters. The predicted molar refractivity (Wildman–Crippen MR) is 107 cm³/mol. The molecule has 162 valence electrons. The molecule has 1 aromatic carbocycles. The lowest BCUT2D eigenvalue weighted by molar-refractivity contribution is -0.131. The molecule has 0 bridgehead atoms. The van der Waals surface area contributed by atoms with E-state index in [0.29, 0.717) is 38.7 Å². The Bertz CT molecular complexity index is 867. The van der Waals surface area contributed by atoms with Gasteiger partial charge in [-0.05, 0) is 35.0 Å². The average molecular weight is 416 g/mol. The lowest BCUT2D eigenvalue weighted by Crippen LogP contribution is -2.37.